The van der Waals surface area contributed by atoms with E-state index >= 15 is 0 Å². The lowest BCUT2D eigenvalue weighted by Gasteiger charge is -2.20. The van der Waals surface area contributed by atoms with E-state index in [4.69, 9.17) is 23.8 Å². The average Bonchev–Trinajstić information content (AvgIpc) is 3.16. The van der Waals surface area contributed by atoms with Crippen LogP contribution in [0.1, 0.15) is 149 Å². The molecule has 14 nitrogen and oxygen atoms in total. The van der Waals surface area contributed by atoms with Gasteiger partial charge >= 0.3 is 27.6 Å². The third kappa shape index (κ3) is 39.3. The lowest BCUT2D eigenvalue weighted by Crippen LogP contribution is -2.30. The summed E-state index contributed by atoms with van der Waals surface area (Å²) in [6.07, 6.45) is 30.1. The van der Waals surface area contributed by atoms with Crippen LogP contribution in [0.2, 0.25) is 0 Å². The first kappa shape index (κ1) is 55.0. The minimum Gasteiger partial charge on any atom is -0.462 e. The van der Waals surface area contributed by atoms with E-state index in [9.17, 15) is 33.8 Å². The molecule has 0 aliphatic carbocycles. The first-order valence-corrected chi connectivity index (χ1v) is 23.9. The van der Waals surface area contributed by atoms with Gasteiger partial charge in [-0.15, -0.1) is 0 Å². The molecule has 5 atom stereocenters. The maximum atomic E-state index is 12.6. The van der Waals surface area contributed by atoms with E-state index in [2.05, 4.69) is 42.0 Å². The number of carbonyl (C=O) groups is 2. The number of unbranched alkanes of at least 4 members (excludes halogenated alkanes) is 11. The van der Waals surface area contributed by atoms with Crippen LogP contribution in [-0.4, -0.2) is 81.6 Å². The molecule has 0 radical (unpaired) electrons. The van der Waals surface area contributed by atoms with Crippen molar-refractivity contribution in [2.24, 2.45) is 5.92 Å². The minimum absolute atomic E-state index is 0.0596. The van der Waals surface area contributed by atoms with Gasteiger partial charge in [-0.05, 0) is 50.9 Å². The Hall–Kier alpha value is -1.96. The number of rotatable bonds is 38. The highest BCUT2D eigenvalue weighted by atomic mass is 31.2. The Morgan fingerprint density at radius 2 is 1.26 bits per heavy atom. The summed E-state index contributed by atoms with van der Waals surface area (Å²) in [5, 5.41) is 19.8. The zero-order valence-corrected chi connectivity index (χ0v) is 36.5. The van der Waals surface area contributed by atoms with Crippen LogP contribution in [0.3, 0.4) is 0 Å². The van der Waals surface area contributed by atoms with E-state index in [0.717, 1.165) is 44.4 Å². The molecule has 3 unspecified atom stereocenters. The van der Waals surface area contributed by atoms with E-state index in [1.165, 1.54) is 51.4 Å². The third-order valence-corrected chi connectivity index (χ3v) is 10.3. The highest BCUT2D eigenvalue weighted by Gasteiger charge is 2.28. The second kappa shape index (κ2) is 35.9. The number of aliphatic hydroxyl groups excluding tert-OH is 2. The molecule has 0 aromatic carbocycles. The molecule has 0 aromatic rings. The predicted molar refractivity (Wildman–Crippen MR) is 222 cm³/mol. The molecule has 0 heterocycles. The number of phosphoric ester groups is 2. The number of phosphoric acid groups is 2. The predicted octanol–water partition coefficient (Wildman–Crippen LogP) is 9.11. The van der Waals surface area contributed by atoms with Crippen molar-refractivity contribution in [3.8, 4) is 0 Å². The molecule has 57 heavy (non-hydrogen) atoms. The van der Waals surface area contributed by atoms with Gasteiger partial charge in [0.15, 0.2) is 6.10 Å². The molecule has 332 valence electrons. The summed E-state index contributed by atoms with van der Waals surface area (Å²) in [5.74, 6) is -0.388. The molecule has 0 spiro atoms. The van der Waals surface area contributed by atoms with Crippen LogP contribution in [0.4, 0.5) is 0 Å². The highest BCUT2D eigenvalue weighted by molar-refractivity contribution is 7.47. The summed E-state index contributed by atoms with van der Waals surface area (Å²) in [7, 11) is -9.71. The van der Waals surface area contributed by atoms with Gasteiger partial charge in [0.05, 0.1) is 25.9 Å². The molecule has 0 saturated heterocycles. The molecular formula is C41H74O14P2. The van der Waals surface area contributed by atoms with Gasteiger partial charge in [-0.25, -0.2) is 9.13 Å². The lowest BCUT2D eigenvalue weighted by molar-refractivity contribution is -0.161. The maximum Gasteiger partial charge on any atom is 0.472 e. The van der Waals surface area contributed by atoms with Gasteiger partial charge in [-0.1, -0.05) is 140 Å². The Morgan fingerprint density at radius 1 is 0.649 bits per heavy atom. The van der Waals surface area contributed by atoms with Crippen molar-refractivity contribution in [1.29, 1.82) is 0 Å². The number of carbonyl (C=O) groups excluding carboxylic acids is 2. The highest BCUT2D eigenvalue weighted by Crippen LogP contribution is 2.43. The van der Waals surface area contributed by atoms with Gasteiger partial charge < -0.3 is 34.4 Å². The van der Waals surface area contributed by atoms with Crippen molar-refractivity contribution in [1.82, 2.24) is 0 Å². The number of aliphatic hydroxyl groups is 2. The van der Waals surface area contributed by atoms with E-state index in [1.54, 1.807) is 18.2 Å². The van der Waals surface area contributed by atoms with Gasteiger partial charge in [0.1, 0.15) is 12.7 Å². The van der Waals surface area contributed by atoms with Crippen LogP contribution in [-0.2, 0) is 41.8 Å². The Morgan fingerprint density at radius 3 is 1.95 bits per heavy atom. The standard InChI is InChI=1S/C41H74O14P2/c1-4-6-7-8-9-10-14-18-23-28-37(42)29-24-19-16-21-25-30-40(44)51-34-39(35-54-57(49,50)53-33-38(43)32-52-56(46,47)48)55-41(45)31-26-20-15-12-11-13-17-22-27-36(3)5-2/h9-10,16,18-19,23-24,29,36-39,42-43H,4-8,11-15,17,20-22,25-28,30-35H2,1-3H3,(H,49,50)(H2,46,47,48)/b10-9-,19-16+,23-18-,29-24-/t36?,37?,38-,39+/m0/s1. The summed E-state index contributed by atoms with van der Waals surface area (Å²) in [4.78, 5) is 52.6. The van der Waals surface area contributed by atoms with Crippen LogP contribution >= 0.6 is 15.6 Å². The summed E-state index contributed by atoms with van der Waals surface area (Å²) >= 11 is 0. The van der Waals surface area contributed by atoms with Crippen molar-refractivity contribution in [3.63, 3.8) is 0 Å². The fraction of sp³-hybridized carbons (Fsp3) is 0.756. The molecular weight excluding hydrogens is 778 g/mol. The van der Waals surface area contributed by atoms with Gasteiger partial charge in [0.25, 0.3) is 0 Å². The second-order valence-corrected chi connectivity index (χ2v) is 17.1. The topological polar surface area (TPSA) is 216 Å². The van der Waals surface area contributed by atoms with Crippen LogP contribution < -0.4 is 0 Å². The van der Waals surface area contributed by atoms with Crippen molar-refractivity contribution < 1.29 is 66.7 Å². The SMILES string of the molecule is CCCCC/C=C\C/C=C\CC(O)/C=C\C=C\CCCC(=O)OC[C@H](COP(=O)(O)OC[C@@H](O)COP(=O)(O)O)OC(=O)CCCCCCCCCCC(C)CC. The Balaban J connectivity index is 4.72. The van der Waals surface area contributed by atoms with Crippen molar-refractivity contribution in [2.75, 3.05) is 26.4 Å². The van der Waals surface area contributed by atoms with Gasteiger partial charge in [0, 0.05) is 12.8 Å². The molecule has 0 rings (SSSR count). The third-order valence-electron chi connectivity index (χ3n) is 8.83. The molecule has 0 bridgehead atoms. The normalized spacial score (nSPS) is 15.7. The number of hydrogen-bond acceptors (Lipinski definition) is 11. The molecule has 0 fully saturated rings. The lowest BCUT2D eigenvalue weighted by atomic mass is 9.99. The smallest absolute Gasteiger partial charge is 0.462 e. The fourth-order valence-corrected chi connectivity index (χ4v) is 6.37. The van der Waals surface area contributed by atoms with E-state index in [0.29, 0.717) is 25.7 Å². The van der Waals surface area contributed by atoms with E-state index in [1.807, 2.05) is 18.2 Å². The molecule has 0 saturated carbocycles. The molecule has 0 amide bonds. The van der Waals surface area contributed by atoms with Gasteiger partial charge in [-0.3, -0.25) is 23.2 Å². The maximum absolute atomic E-state index is 12.6. The van der Waals surface area contributed by atoms with Crippen LogP contribution in [0, 0.1) is 5.92 Å². The first-order valence-electron chi connectivity index (χ1n) is 20.8. The van der Waals surface area contributed by atoms with Gasteiger partial charge in [-0.2, -0.15) is 0 Å². The molecule has 0 aliphatic heterocycles. The van der Waals surface area contributed by atoms with Crippen LogP contribution in [0.15, 0.2) is 48.6 Å². The van der Waals surface area contributed by atoms with Crippen LogP contribution in [0.5, 0.6) is 0 Å². The number of ether oxygens (including phenoxy) is 2. The number of hydrogen-bond donors (Lipinski definition) is 5. The zero-order valence-electron chi connectivity index (χ0n) is 34.7. The monoisotopic (exact) mass is 852 g/mol. The Bertz CT molecular complexity index is 1230. The zero-order chi connectivity index (χ0) is 42.6. The van der Waals surface area contributed by atoms with E-state index < -0.39 is 72.3 Å². The summed E-state index contributed by atoms with van der Waals surface area (Å²) in [6, 6.07) is 0. The molecule has 5 N–H and O–H groups in total. The Labute approximate surface area is 342 Å². The summed E-state index contributed by atoms with van der Waals surface area (Å²) < 4.78 is 47.6. The Kier molecular flexibility index (Phi) is 34.7. The van der Waals surface area contributed by atoms with Gasteiger partial charge in [0.2, 0.25) is 0 Å². The fourth-order valence-electron chi connectivity index (χ4n) is 5.22. The quantitative estimate of drug-likeness (QED) is 0.0129. The average molecular weight is 853 g/mol. The molecule has 0 aliphatic rings. The minimum atomic E-state index is -4.88. The number of allylic oxidation sites excluding steroid dienone is 6. The first-order chi connectivity index (χ1) is 27.2. The second-order valence-electron chi connectivity index (χ2n) is 14.4. The largest absolute Gasteiger partial charge is 0.472 e. The van der Waals surface area contributed by atoms with Crippen molar-refractivity contribution in [2.45, 2.75) is 167 Å². The van der Waals surface area contributed by atoms with Crippen molar-refractivity contribution in [3.05, 3.63) is 48.6 Å². The summed E-state index contributed by atoms with van der Waals surface area (Å²) in [6.45, 7) is 3.84. The summed E-state index contributed by atoms with van der Waals surface area (Å²) in [5.41, 5.74) is 0. The molecule has 0 aromatic heterocycles. The number of esters is 2. The van der Waals surface area contributed by atoms with Crippen LogP contribution in [0.25, 0.3) is 0 Å². The van der Waals surface area contributed by atoms with Crippen molar-refractivity contribution >= 4 is 27.6 Å². The van der Waals surface area contributed by atoms with E-state index in [-0.39, 0.29) is 12.8 Å². The molecule has 16 heteroatoms.